The second-order valence-corrected chi connectivity index (χ2v) is 7.97. The number of fused-ring (bicyclic) bond motifs is 1. The number of nitrogens with one attached hydrogen (secondary N) is 1. The Hall–Kier alpha value is -3.16. The van der Waals surface area contributed by atoms with Crippen molar-refractivity contribution in [2.45, 2.75) is 4.90 Å². The predicted octanol–water partition coefficient (Wildman–Crippen LogP) is 3.38. The molecule has 0 aliphatic carbocycles. The molecule has 0 aromatic heterocycles. The fraction of sp³-hybridized carbons (Fsp3) is 0.136. The van der Waals surface area contributed by atoms with E-state index in [9.17, 15) is 13.2 Å². The number of hydrogen-bond donors (Lipinski definition) is 1. The molecule has 0 radical (unpaired) electrons. The van der Waals surface area contributed by atoms with E-state index in [1.54, 1.807) is 48.6 Å². The lowest BCUT2D eigenvalue weighted by atomic mass is 10.1. The number of methoxy groups -OCH3 is 1. The molecule has 1 N–H and O–H groups in total. The molecule has 0 saturated carbocycles. The van der Waals surface area contributed by atoms with Crippen LogP contribution >= 0.6 is 0 Å². The molecule has 0 amide bonds. The van der Waals surface area contributed by atoms with E-state index in [4.69, 9.17) is 4.74 Å². The smallest absolute Gasteiger partial charge is 0.343 e. The van der Waals surface area contributed by atoms with Crippen LogP contribution in [0.5, 0.6) is 5.75 Å². The molecule has 29 heavy (non-hydrogen) atoms. The Labute approximate surface area is 169 Å². The third-order valence-electron chi connectivity index (χ3n) is 4.18. The molecule has 0 fully saturated rings. The van der Waals surface area contributed by atoms with Gasteiger partial charge in [0.05, 0.1) is 12.0 Å². The van der Waals surface area contributed by atoms with E-state index in [2.05, 4.69) is 9.46 Å². The average Bonchev–Trinajstić information content (AvgIpc) is 2.75. The molecular weight excluding hydrogens is 390 g/mol. The van der Waals surface area contributed by atoms with Crippen LogP contribution in [0, 0.1) is 0 Å². The molecule has 0 spiro atoms. The lowest BCUT2D eigenvalue weighted by molar-refractivity contribution is -0.142. The van der Waals surface area contributed by atoms with Crippen LogP contribution in [0.3, 0.4) is 0 Å². The SMILES string of the molecule is COC(=O)COc1cccc(/C=C/CNS(=O)(=O)c2ccc3ccccc3c2)c1. The summed E-state index contributed by atoms with van der Waals surface area (Å²) < 4.78 is 37.4. The van der Waals surface area contributed by atoms with Crippen LogP contribution in [0.1, 0.15) is 5.56 Å². The van der Waals surface area contributed by atoms with Crippen molar-refractivity contribution in [1.82, 2.24) is 4.72 Å². The molecule has 7 heteroatoms. The van der Waals surface area contributed by atoms with Crippen molar-refractivity contribution in [2.24, 2.45) is 0 Å². The predicted molar refractivity (Wildman–Crippen MR) is 112 cm³/mol. The van der Waals surface area contributed by atoms with Crippen molar-refractivity contribution >= 4 is 32.8 Å². The number of hydrogen-bond acceptors (Lipinski definition) is 5. The Kier molecular flexibility index (Phi) is 6.64. The first-order valence-corrected chi connectivity index (χ1v) is 10.4. The van der Waals surface area contributed by atoms with Crippen LogP contribution in [0.4, 0.5) is 0 Å². The Morgan fingerprint density at radius 1 is 1.00 bits per heavy atom. The highest BCUT2D eigenvalue weighted by molar-refractivity contribution is 7.89. The van der Waals surface area contributed by atoms with E-state index >= 15 is 0 Å². The van der Waals surface area contributed by atoms with Crippen LogP contribution in [0.15, 0.2) is 77.7 Å². The summed E-state index contributed by atoms with van der Waals surface area (Å²) in [6.07, 6.45) is 3.48. The number of esters is 1. The Morgan fingerprint density at radius 3 is 2.59 bits per heavy atom. The van der Waals surface area contributed by atoms with Crippen LogP contribution < -0.4 is 9.46 Å². The molecule has 3 aromatic carbocycles. The highest BCUT2D eigenvalue weighted by atomic mass is 32.2. The summed E-state index contributed by atoms with van der Waals surface area (Å²) in [5.41, 5.74) is 0.817. The van der Waals surface area contributed by atoms with Crippen molar-refractivity contribution in [3.8, 4) is 5.75 Å². The summed E-state index contributed by atoms with van der Waals surface area (Å²) in [4.78, 5) is 11.4. The lowest BCUT2D eigenvalue weighted by Gasteiger charge is -2.06. The third kappa shape index (κ3) is 5.66. The van der Waals surface area contributed by atoms with E-state index in [0.29, 0.717) is 5.75 Å². The number of benzene rings is 3. The lowest BCUT2D eigenvalue weighted by Crippen LogP contribution is -2.23. The first-order chi connectivity index (χ1) is 14.0. The van der Waals surface area contributed by atoms with Crippen LogP contribution in [0.2, 0.25) is 0 Å². The van der Waals surface area contributed by atoms with Crippen LogP contribution in [0.25, 0.3) is 16.8 Å². The summed E-state index contributed by atoms with van der Waals surface area (Å²) in [5, 5.41) is 1.86. The molecule has 150 valence electrons. The van der Waals surface area contributed by atoms with E-state index in [-0.39, 0.29) is 18.0 Å². The van der Waals surface area contributed by atoms with Crippen molar-refractivity contribution in [3.05, 3.63) is 78.4 Å². The molecule has 0 unspecified atom stereocenters. The molecule has 0 saturated heterocycles. The Bertz CT molecular complexity index is 1140. The maximum Gasteiger partial charge on any atom is 0.343 e. The zero-order valence-electron chi connectivity index (χ0n) is 15.9. The third-order valence-corrected chi connectivity index (χ3v) is 5.60. The standard InChI is InChI=1S/C22H21NO5S/c1-27-22(24)16-28-20-10-4-6-17(14-20)7-5-13-23-29(25,26)21-12-11-18-8-2-3-9-19(18)15-21/h2-12,14-15,23H,13,16H2,1H3/b7-5+. The van der Waals surface area contributed by atoms with Gasteiger partial charge in [0.25, 0.3) is 0 Å². The van der Waals surface area contributed by atoms with Gasteiger partial charge in [-0.25, -0.2) is 17.9 Å². The van der Waals surface area contributed by atoms with Gasteiger partial charge in [-0.3, -0.25) is 0 Å². The molecule has 0 atom stereocenters. The van der Waals surface area contributed by atoms with Crippen molar-refractivity contribution in [1.29, 1.82) is 0 Å². The summed E-state index contributed by atoms with van der Waals surface area (Å²) in [5.74, 6) is 0.0586. The van der Waals surface area contributed by atoms with Gasteiger partial charge < -0.3 is 9.47 Å². The molecule has 3 rings (SSSR count). The van der Waals surface area contributed by atoms with E-state index in [1.165, 1.54) is 7.11 Å². The second kappa shape index (κ2) is 9.36. The van der Waals surface area contributed by atoms with Gasteiger partial charge in [-0.2, -0.15) is 0 Å². The van der Waals surface area contributed by atoms with Crippen molar-refractivity contribution in [3.63, 3.8) is 0 Å². The first kappa shape index (κ1) is 20.6. The molecule has 0 aliphatic heterocycles. The summed E-state index contributed by atoms with van der Waals surface area (Å²) in [6.45, 7) is -0.0301. The second-order valence-electron chi connectivity index (χ2n) is 6.20. The highest BCUT2D eigenvalue weighted by Gasteiger charge is 2.12. The van der Waals surface area contributed by atoms with Crippen molar-refractivity contribution < 1.29 is 22.7 Å². The molecule has 3 aromatic rings. The zero-order valence-corrected chi connectivity index (χ0v) is 16.7. The number of ether oxygens (including phenoxy) is 2. The minimum atomic E-state index is -3.61. The van der Waals surface area contributed by atoms with Gasteiger partial charge in [-0.15, -0.1) is 0 Å². The van der Waals surface area contributed by atoms with Crippen LogP contribution in [-0.2, 0) is 19.6 Å². The molecular formula is C22H21NO5S. The average molecular weight is 411 g/mol. The maximum atomic E-state index is 12.5. The largest absolute Gasteiger partial charge is 0.482 e. The first-order valence-electron chi connectivity index (χ1n) is 8.92. The quantitative estimate of drug-likeness (QED) is 0.575. The Morgan fingerprint density at radius 2 is 1.79 bits per heavy atom. The summed E-state index contributed by atoms with van der Waals surface area (Å²) in [6, 6.07) is 19.7. The fourth-order valence-electron chi connectivity index (χ4n) is 2.68. The van der Waals surface area contributed by atoms with E-state index < -0.39 is 16.0 Å². The highest BCUT2D eigenvalue weighted by Crippen LogP contribution is 2.19. The molecule has 6 nitrogen and oxygen atoms in total. The maximum absolute atomic E-state index is 12.5. The Balaban J connectivity index is 1.61. The minimum absolute atomic E-state index is 0.141. The minimum Gasteiger partial charge on any atom is -0.482 e. The summed E-state index contributed by atoms with van der Waals surface area (Å²) in [7, 11) is -2.32. The van der Waals surface area contributed by atoms with Gasteiger partial charge in [0.15, 0.2) is 6.61 Å². The van der Waals surface area contributed by atoms with Crippen LogP contribution in [-0.4, -0.2) is 34.6 Å². The number of sulfonamides is 1. The normalized spacial score (nSPS) is 11.6. The van der Waals surface area contributed by atoms with Gasteiger partial charge in [0.2, 0.25) is 10.0 Å². The topological polar surface area (TPSA) is 81.7 Å². The van der Waals surface area contributed by atoms with E-state index in [1.807, 2.05) is 30.3 Å². The van der Waals surface area contributed by atoms with Gasteiger partial charge in [0, 0.05) is 6.54 Å². The zero-order chi connectivity index (χ0) is 20.7. The van der Waals surface area contributed by atoms with Gasteiger partial charge in [-0.05, 0) is 40.6 Å². The fourth-order valence-corrected chi connectivity index (χ4v) is 3.69. The molecule has 0 heterocycles. The summed E-state index contributed by atoms with van der Waals surface area (Å²) >= 11 is 0. The van der Waals surface area contributed by atoms with E-state index in [0.717, 1.165) is 16.3 Å². The monoisotopic (exact) mass is 411 g/mol. The van der Waals surface area contributed by atoms with Gasteiger partial charge in [0.1, 0.15) is 5.75 Å². The number of carbonyl (C=O) groups is 1. The molecule has 0 aliphatic rings. The van der Waals surface area contributed by atoms with Gasteiger partial charge >= 0.3 is 5.97 Å². The van der Waals surface area contributed by atoms with Crippen molar-refractivity contribution in [2.75, 3.05) is 20.3 Å². The van der Waals surface area contributed by atoms with Gasteiger partial charge in [-0.1, -0.05) is 54.6 Å². The number of carbonyl (C=O) groups excluding carboxylic acids is 1. The number of rotatable bonds is 8. The molecule has 0 bridgehead atoms.